The number of aromatic nitrogens is 5. The second kappa shape index (κ2) is 5.65. The van der Waals surface area contributed by atoms with Gasteiger partial charge in [0.05, 0.1) is 6.10 Å². The monoisotopic (exact) mass is 289 g/mol. The van der Waals surface area contributed by atoms with Crippen LogP contribution >= 0.6 is 0 Å². The predicted molar refractivity (Wildman–Crippen MR) is 78.5 cm³/mol. The molecule has 2 N–H and O–H groups in total. The number of nitrogens with one attached hydrogen (secondary N) is 1. The van der Waals surface area contributed by atoms with Crippen molar-refractivity contribution in [2.45, 2.75) is 19.4 Å². The molecule has 1 aliphatic heterocycles. The summed E-state index contributed by atoms with van der Waals surface area (Å²) in [4.78, 5) is 19.4. The third kappa shape index (κ3) is 2.80. The highest BCUT2D eigenvalue weighted by molar-refractivity contribution is 5.40. The van der Waals surface area contributed by atoms with Crippen molar-refractivity contribution in [2.24, 2.45) is 5.92 Å². The normalized spacial score (nSPS) is 22.3. The number of imidazole rings is 1. The fourth-order valence-corrected chi connectivity index (χ4v) is 2.41. The molecule has 0 aliphatic carbocycles. The Labute approximate surface area is 122 Å². The van der Waals surface area contributed by atoms with Crippen molar-refractivity contribution in [1.82, 2.24) is 24.5 Å². The van der Waals surface area contributed by atoms with Crippen LogP contribution < -0.4 is 10.2 Å². The minimum atomic E-state index is -0.250. The van der Waals surface area contributed by atoms with Gasteiger partial charge in [-0.1, -0.05) is 6.92 Å². The molecular formula is C13H19N7O. The summed E-state index contributed by atoms with van der Waals surface area (Å²) in [5, 5.41) is 12.8. The molecule has 0 amide bonds. The second-order valence-corrected chi connectivity index (χ2v) is 5.26. The molecule has 0 radical (unpaired) electrons. The molecule has 0 aromatic carbocycles. The van der Waals surface area contributed by atoms with Gasteiger partial charge in [-0.05, 0) is 12.3 Å². The van der Waals surface area contributed by atoms with E-state index in [-0.39, 0.29) is 12.0 Å². The van der Waals surface area contributed by atoms with E-state index in [1.165, 1.54) is 0 Å². The van der Waals surface area contributed by atoms with E-state index < -0.39 is 0 Å². The van der Waals surface area contributed by atoms with E-state index in [4.69, 9.17) is 0 Å². The third-order valence-electron chi connectivity index (χ3n) is 3.71. The zero-order valence-corrected chi connectivity index (χ0v) is 12.1. The summed E-state index contributed by atoms with van der Waals surface area (Å²) in [5.74, 6) is 1.87. The van der Waals surface area contributed by atoms with Gasteiger partial charge < -0.3 is 15.3 Å². The average Bonchev–Trinajstić information content (AvgIpc) is 3.04. The van der Waals surface area contributed by atoms with Crippen molar-refractivity contribution in [1.29, 1.82) is 0 Å². The van der Waals surface area contributed by atoms with Crippen molar-refractivity contribution in [3.05, 3.63) is 18.7 Å². The number of nitrogens with zero attached hydrogens (tertiary/aromatic N) is 6. The molecule has 0 bridgehead atoms. The first-order chi connectivity index (χ1) is 10.2. The first-order valence-electron chi connectivity index (χ1n) is 7.02. The molecule has 112 valence electrons. The molecule has 1 saturated heterocycles. The SMILES string of the molecule is CNc1nc(N2CCC(O)C(C)C2)nc(-n2ccnc2)n1. The quantitative estimate of drug-likeness (QED) is 0.840. The number of rotatable bonds is 3. The van der Waals surface area contributed by atoms with E-state index in [1.807, 2.05) is 6.92 Å². The average molecular weight is 289 g/mol. The van der Waals surface area contributed by atoms with Crippen LogP contribution in [0.1, 0.15) is 13.3 Å². The third-order valence-corrected chi connectivity index (χ3v) is 3.71. The number of aliphatic hydroxyl groups is 1. The first-order valence-corrected chi connectivity index (χ1v) is 7.02. The zero-order chi connectivity index (χ0) is 14.8. The highest BCUT2D eigenvalue weighted by Gasteiger charge is 2.26. The Kier molecular flexibility index (Phi) is 3.70. The molecule has 3 heterocycles. The van der Waals surface area contributed by atoms with Crippen LogP contribution in [0.15, 0.2) is 18.7 Å². The molecule has 2 aromatic heterocycles. The molecule has 3 rings (SSSR count). The van der Waals surface area contributed by atoms with Gasteiger partial charge in [-0.2, -0.15) is 15.0 Å². The van der Waals surface area contributed by atoms with Crippen LogP contribution in [0, 0.1) is 5.92 Å². The Bertz CT molecular complexity index is 601. The summed E-state index contributed by atoms with van der Waals surface area (Å²) in [6, 6.07) is 0. The lowest BCUT2D eigenvalue weighted by Gasteiger charge is -2.34. The summed E-state index contributed by atoms with van der Waals surface area (Å²) in [6.45, 7) is 3.51. The van der Waals surface area contributed by atoms with E-state index >= 15 is 0 Å². The van der Waals surface area contributed by atoms with Gasteiger partial charge in [0.1, 0.15) is 6.33 Å². The van der Waals surface area contributed by atoms with Crippen LogP contribution in [-0.4, -0.2) is 55.9 Å². The minimum absolute atomic E-state index is 0.199. The summed E-state index contributed by atoms with van der Waals surface area (Å²) >= 11 is 0. The summed E-state index contributed by atoms with van der Waals surface area (Å²) in [5.41, 5.74) is 0. The van der Waals surface area contributed by atoms with Crippen molar-refractivity contribution in [3.8, 4) is 5.95 Å². The number of hydrogen-bond donors (Lipinski definition) is 2. The fraction of sp³-hybridized carbons (Fsp3) is 0.538. The van der Waals surface area contributed by atoms with Crippen molar-refractivity contribution in [3.63, 3.8) is 0 Å². The van der Waals surface area contributed by atoms with Crippen LogP contribution in [0.3, 0.4) is 0 Å². The fourth-order valence-electron chi connectivity index (χ4n) is 2.41. The van der Waals surface area contributed by atoms with Crippen LogP contribution in [0.25, 0.3) is 5.95 Å². The van der Waals surface area contributed by atoms with Gasteiger partial charge >= 0.3 is 0 Å². The van der Waals surface area contributed by atoms with E-state index in [2.05, 4.69) is 30.2 Å². The molecule has 2 aromatic rings. The van der Waals surface area contributed by atoms with E-state index in [9.17, 15) is 5.11 Å². The highest BCUT2D eigenvalue weighted by Crippen LogP contribution is 2.21. The molecule has 1 aliphatic rings. The van der Waals surface area contributed by atoms with Gasteiger partial charge in [0.25, 0.3) is 0 Å². The smallest absolute Gasteiger partial charge is 0.241 e. The zero-order valence-electron chi connectivity index (χ0n) is 12.1. The molecule has 2 unspecified atom stereocenters. The van der Waals surface area contributed by atoms with Crippen molar-refractivity contribution >= 4 is 11.9 Å². The maximum absolute atomic E-state index is 9.84. The van der Waals surface area contributed by atoms with Gasteiger partial charge in [-0.15, -0.1) is 0 Å². The molecule has 0 spiro atoms. The lowest BCUT2D eigenvalue weighted by atomic mass is 9.97. The van der Waals surface area contributed by atoms with Crippen LogP contribution in [0.2, 0.25) is 0 Å². The molecule has 2 atom stereocenters. The number of piperidine rings is 1. The highest BCUT2D eigenvalue weighted by atomic mass is 16.3. The number of hydrogen-bond acceptors (Lipinski definition) is 7. The van der Waals surface area contributed by atoms with Gasteiger partial charge in [-0.3, -0.25) is 4.57 Å². The molecule has 1 fully saturated rings. The molecule has 21 heavy (non-hydrogen) atoms. The number of aliphatic hydroxyl groups excluding tert-OH is 1. The lowest BCUT2D eigenvalue weighted by molar-refractivity contribution is 0.0966. The van der Waals surface area contributed by atoms with E-state index in [0.29, 0.717) is 17.8 Å². The Morgan fingerprint density at radius 1 is 1.29 bits per heavy atom. The molecule has 8 nitrogen and oxygen atoms in total. The van der Waals surface area contributed by atoms with Gasteiger partial charge in [0.2, 0.25) is 17.8 Å². The minimum Gasteiger partial charge on any atom is -0.393 e. The Morgan fingerprint density at radius 2 is 2.10 bits per heavy atom. The standard InChI is InChI=1S/C13H19N7O/c1-9-7-19(5-3-10(9)21)12-16-11(14-2)17-13(18-12)20-6-4-15-8-20/h4,6,8-10,21H,3,5,7H2,1-2H3,(H,14,16,17,18). The van der Waals surface area contributed by atoms with E-state index in [1.54, 1.807) is 30.3 Å². The topological polar surface area (TPSA) is 92.0 Å². The predicted octanol–water partition coefficient (Wildman–Crippen LogP) is 0.306. The first kappa shape index (κ1) is 13.7. The van der Waals surface area contributed by atoms with E-state index in [0.717, 1.165) is 19.5 Å². The summed E-state index contributed by atoms with van der Waals surface area (Å²) < 4.78 is 1.74. The Morgan fingerprint density at radius 3 is 2.76 bits per heavy atom. The summed E-state index contributed by atoms with van der Waals surface area (Å²) in [7, 11) is 1.78. The molecule has 8 heteroatoms. The van der Waals surface area contributed by atoms with Crippen LogP contribution in [-0.2, 0) is 0 Å². The molecular weight excluding hydrogens is 270 g/mol. The number of anilines is 2. The van der Waals surface area contributed by atoms with Gasteiger partial charge in [0, 0.05) is 32.5 Å². The van der Waals surface area contributed by atoms with Crippen molar-refractivity contribution in [2.75, 3.05) is 30.4 Å². The van der Waals surface area contributed by atoms with Crippen LogP contribution in [0.4, 0.5) is 11.9 Å². The van der Waals surface area contributed by atoms with Crippen LogP contribution in [0.5, 0.6) is 0 Å². The lowest BCUT2D eigenvalue weighted by Crippen LogP contribution is -2.42. The van der Waals surface area contributed by atoms with Gasteiger partial charge in [0.15, 0.2) is 0 Å². The Hall–Kier alpha value is -2.22. The maximum atomic E-state index is 9.84. The molecule has 0 saturated carbocycles. The van der Waals surface area contributed by atoms with Crippen molar-refractivity contribution < 1.29 is 5.11 Å². The maximum Gasteiger partial charge on any atom is 0.241 e. The second-order valence-electron chi connectivity index (χ2n) is 5.26. The Balaban J connectivity index is 1.93. The largest absolute Gasteiger partial charge is 0.393 e. The van der Waals surface area contributed by atoms with Gasteiger partial charge in [-0.25, -0.2) is 4.98 Å². The summed E-state index contributed by atoms with van der Waals surface area (Å²) in [6.07, 6.45) is 5.60.